The van der Waals surface area contributed by atoms with E-state index in [1.54, 1.807) is 0 Å². The van der Waals surface area contributed by atoms with E-state index >= 15 is 0 Å². The quantitative estimate of drug-likeness (QED) is 0.777. The Hall–Kier alpha value is -0.730. The van der Waals surface area contributed by atoms with Gasteiger partial charge >= 0.3 is 6.03 Å². The van der Waals surface area contributed by atoms with Crippen molar-refractivity contribution in [1.82, 2.24) is 10.6 Å². The monoisotopic (exact) mass is 238 g/mol. The molecule has 2 N–H and O–H groups in total. The Balaban J connectivity index is 1.77. The van der Waals surface area contributed by atoms with Crippen LogP contribution in [0, 0.1) is 17.8 Å². The fraction of sp³-hybridized carbons (Fsp3) is 0.929. The molecule has 5 atom stereocenters. The van der Waals surface area contributed by atoms with Gasteiger partial charge in [-0.15, -0.1) is 0 Å². The number of nitrogens with one attached hydrogen (secondary N) is 2. The molecule has 0 aromatic rings. The molecular weight excluding hydrogens is 212 g/mol. The summed E-state index contributed by atoms with van der Waals surface area (Å²) in [7, 11) is 0. The summed E-state index contributed by atoms with van der Waals surface area (Å²) in [5, 5.41) is 6.10. The van der Waals surface area contributed by atoms with Gasteiger partial charge in [-0.2, -0.15) is 0 Å². The van der Waals surface area contributed by atoms with Gasteiger partial charge in [0.1, 0.15) is 0 Å². The second-order valence-electron chi connectivity index (χ2n) is 6.05. The van der Waals surface area contributed by atoms with Crippen molar-refractivity contribution >= 4 is 6.03 Å². The number of fused-ring (bicyclic) bond motifs is 2. The van der Waals surface area contributed by atoms with Gasteiger partial charge in [-0.1, -0.05) is 13.3 Å². The van der Waals surface area contributed by atoms with Gasteiger partial charge in [-0.05, 0) is 57.3 Å². The van der Waals surface area contributed by atoms with E-state index in [-0.39, 0.29) is 12.1 Å². The van der Waals surface area contributed by atoms with Gasteiger partial charge < -0.3 is 10.6 Å². The van der Waals surface area contributed by atoms with Crippen LogP contribution in [0.3, 0.4) is 0 Å². The average molecular weight is 238 g/mol. The Morgan fingerprint density at radius 1 is 1.24 bits per heavy atom. The van der Waals surface area contributed by atoms with Crippen molar-refractivity contribution in [3.8, 4) is 0 Å². The SMILES string of the molecule is CC[C@@H](C)NC(=O)N[C@@H](C)[C@@H]1C[C@@H]2CC[C@@H]1C2. The van der Waals surface area contributed by atoms with E-state index in [0.29, 0.717) is 6.04 Å². The van der Waals surface area contributed by atoms with Crippen molar-refractivity contribution in [2.75, 3.05) is 0 Å². The summed E-state index contributed by atoms with van der Waals surface area (Å²) < 4.78 is 0. The van der Waals surface area contributed by atoms with Gasteiger partial charge in [0.05, 0.1) is 0 Å². The maximum Gasteiger partial charge on any atom is 0.315 e. The van der Waals surface area contributed by atoms with Gasteiger partial charge in [0.25, 0.3) is 0 Å². The Morgan fingerprint density at radius 2 is 2.00 bits per heavy atom. The molecule has 2 bridgehead atoms. The lowest BCUT2D eigenvalue weighted by Gasteiger charge is -2.29. The number of hydrogen-bond acceptors (Lipinski definition) is 1. The average Bonchev–Trinajstić information content (AvgIpc) is 2.90. The molecule has 2 aliphatic rings. The van der Waals surface area contributed by atoms with Crippen molar-refractivity contribution in [2.24, 2.45) is 17.8 Å². The lowest BCUT2D eigenvalue weighted by atomic mass is 9.84. The van der Waals surface area contributed by atoms with Crippen LogP contribution >= 0.6 is 0 Å². The third-order valence-electron chi connectivity index (χ3n) is 4.78. The molecule has 0 spiro atoms. The van der Waals surface area contributed by atoms with E-state index in [9.17, 15) is 4.79 Å². The van der Waals surface area contributed by atoms with Crippen molar-refractivity contribution in [3.63, 3.8) is 0 Å². The van der Waals surface area contributed by atoms with Crippen LogP contribution in [0.25, 0.3) is 0 Å². The summed E-state index contributed by atoms with van der Waals surface area (Å²) in [6, 6.07) is 0.603. The van der Waals surface area contributed by atoms with E-state index < -0.39 is 0 Å². The predicted octanol–water partition coefficient (Wildman–Crippen LogP) is 2.91. The smallest absolute Gasteiger partial charge is 0.315 e. The van der Waals surface area contributed by atoms with Crippen molar-refractivity contribution < 1.29 is 4.79 Å². The molecule has 2 amide bonds. The van der Waals surface area contributed by atoms with Gasteiger partial charge in [-0.25, -0.2) is 4.79 Å². The number of amides is 2. The fourth-order valence-corrected chi connectivity index (χ4v) is 3.59. The first-order valence-corrected chi connectivity index (χ1v) is 7.17. The molecule has 2 aliphatic carbocycles. The third kappa shape index (κ3) is 2.93. The number of hydrogen-bond donors (Lipinski definition) is 2. The van der Waals surface area contributed by atoms with E-state index in [2.05, 4.69) is 24.5 Å². The van der Waals surface area contributed by atoms with E-state index in [1.165, 1.54) is 25.7 Å². The highest BCUT2D eigenvalue weighted by Gasteiger charge is 2.42. The summed E-state index contributed by atoms with van der Waals surface area (Å²) in [5.41, 5.74) is 0. The Labute approximate surface area is 105 Å². The van der Waals surface area contributed by atoms with Crippen molar-refractivity contribution in [3.05, 3.63) is 0 Å². The molecular formula is C14H26N2O. The molecule has 3 heteroatoms. The zero-order valence-electron chi connectivity index (χ0n) is 11.3. The molecule has 0 aliphatic heterocycles. The molecule has 3 nitrogen and oxygen atoms in total. The maximum atomic E-state index is 11.8. The largest absolute Gasteiger partial charge is 0.336 e. The number of carbonyl (C=O) groups is 1. The summed E-state index contributed by atoms with van der Waals surface area (Å²) in [5.74, 6) is 2.54. The van der Waals surface area contributed by atoms with Crippen LogP contribution in [0.4, 0.5) is 4.79 Å². The lowest BCUT2D eigenvalue weighted by molar-refractivity contribution is 0.217. The van der Waals surface area contributed by atoms with Crippen LogP contribution < -0.4 is 10.6 Å². The van der Waals surface area contributed by atoms with E-state index in [0.717, 1.165) is 24.2 Å². The second kappa shape index (κ2) is 5.28. The zero-order valence-corrected chi connectivity index (χ0v) is 11.3. The second-order valence-corrected chi connectivity index (χ2v) is 6.05. The first-order chi connectivity index (χ1) is 8.10. The van der Waals surface area contributed by atoms with Gasteiger partial charge in [0, 0.05) is 12.1 Å². The summed E-state index contributed by atoms with van der Waals surface area (Å²) in [6.45, 7) is 6.30. The summed E-state index contributed by atoms with van der Waals surface area (Å²) in [6.07, 6.45) is 6.52. The maximum absolute atomic E-state index is 11.8. The number of urea groups is 1. The molecule has 0 heterocycles. The van der Waals surface area contributed by atoms with Crippen LogP contribution in [0.5, 0.6) is 0 Å². The molecule has 2 fully saturated rings. The Morgan fingerprint density at radius 3 is 2.53 bits per heavy atom. The number of rotatable bonds is 4. The zero-order chi connectivity index (χ0) is 12.4. The molecule has 2 saturated carbocycles. The van der Waals surface area contributed by atoms with Gasteiger partial charge in [0.15, 0.2) is 0 Å². The van der Waals surface area contributed by atoms with Crippen LogP contribution in [0.1, 0.15) is 52.9 Å². The topological polar surface area (TPSA) is 41.1 Å². The third-order valence-corrected chi connectivity index (χ3v) is 4.78. The summed E-state index contributed by atoms with van der Waals surface area (Å²) in [4.78, 5) is 11.8. The van der Waals surface area contributed by atoms with Crippen molar-refractivity contribution in [1.29, 1.82) is 0 Å². The molecule has 0 saturated heterocycles. The number of carbonyl (C=O) groups excluding carboxylic acids is 1. The molecule has 98 valence electrons. The predicted molar refractivity (Wildman–Crippen MR) is 69.8 cm³/mol. The van der Waals surface area contributed by atoms with E-state index in [4.69, 9.17) is 0 Å². The van der Waals surface area contributed by atoms with Crippen LogP contribution in [0.15, 0.2) is 0 Å². The van der Waals surface area contributed by atoms with Gasteiger partial charge in [-0.3, -0.25) is 0 Å². The lowest BCUT2D eigenvalue weighted by Crippen LogP contribution is -2.47. The highest BCUT2D eigenvalue weighted by molar-refractivity contribution is 5.74. The molecule has 0 unspecified atom stereocenters. The molecule has 0 aromatic carbocycles. The standard InChI is InChI=1S/C14H26N2O/c1-4-9(2)15-14(17)16-10(3)13-8-11-5-6-12(13)7-11/h9-13H,4-8H2,1-3H3,(H2,15,16,17)/t9-,10+,11-,12-,13+/m1/s1. The highest BCUT2D eigenvalue weighted by Crippen LogP contribution is 2.49. The molecule has 2 rings (SSSR count). The first kappa shape index (κ1) is 12.7. The minimum absolute atomic E-state index is 0.00891. The van der Waals surface area contributed by atoms with Crippen LogP contribution in [-0.4, -0.2) is 18.1 Å². The molecule has 0 radical (unpaired) electrons. The Bertz CT molecular complexity index is 279. The molecule has 0 aromatic heterocycles. The van der Waals surface area contributed by atoms with Crippen molar-refractivity contribution in [2.45, 2.75) is 65.0 Å². The Kier molecular flexibility index (Phi) is 3.95. The van der Waals surface area contributed by atoms with Crippen LogP contribution in [-0.2, 0) is 0 Å². The minimum Gasteiger partial charge on any atom is -0.336 e. The highest BCUT2D eigenvalue weighted by atomic mass is 16.2. The van der Waals surface area contributed by atoms with Crippen LogP contribution in [0.2, 0.25) is 0 Å². The summed E-state index contributed by atoms with van der Waals surface area (Å²) >= 11 is 0. The van der Waals surface area contributed by atoms with E-state index in [1.807, 2.05) is 6.92 Å². The minimum atomic E-state index is 0.00891. The first-order valence-electron chi connectivity index (χ1n) is 7.17. The normalized spacial score (nSPS) is 34.4. The van der Waals surface area contributed by atoms with Gasteiger partial charge in [0.2, 0.25) is 0 Å². The molecule has 17 heavy (non-hydrogen) atoms. The fourth-order valence-electron chi connectivity index (χ4n) is 3.59.